The number of hydrogen-bond donors (Lipinski definition) is 0. The van der Waals surface area contributed by atoms with E-state index in [1.807, 2.05) is 0 Å². The van der Waals surface area contributed by atoms with E-state index in [1.54, 1.807) is 0 Å². The Morgan fingerprint density at radius 2 is 1.63 bits per heavy atom. The van der Waals surface area contributed by atoms with Crippen LogP contribution in [0.1, 0.15) is 61.6 Å². The first-order valence-electron chi connectivity index (χ1n) is 10.5. The summed E-state index contributed by atoms with van der Waals surface area (Å²) >= 11 is 0. The second-order valence-corrected chi connectivity index (χ2v) is 8.07. The second kappa shape index (κ2) is 7.97. The lowest BCUT2D eigenvalue weighted by atomic mass is 9.95. The van der Waals surface area contributed by atoms with Crippen molar-refractivity contribution in [1.82, 2.24) is 24.6 Å². The Morgan fingerprint density at radius 3 is 2.26 bits per heavy atom. The van der Waals surface area contributed by atoms with Crippen molar-refractivity contribution in [2.24, 2.45) is 0 Å². The van der Waals surface area contributed by atoms with Crippen LogP contribution < -0.4 is 4.90 Å². The van der Waals surface area contributed by atoms with Crippen molar-refractivity contribution >= 4 is 5.69 Å². The first-order valence-corrected chi connectivity index (χ1v) is 10.5. The second-order valence-electron chi connectivity index (χ2n) is 8.07. The lowest BCUT2D eigenvalue weighted by molar-refractivity contribution is 0.315. The highest BCUT2D eigenvalue weighted by atomic mass is 15.3. The molecule has 4 heterocycles. The van der Waals surface area contributed by atoms with Crippen molar-refractivity contribution in [2.75, 3.05) is 31.1 Å². The van der Waals surface area contributed by atoms with Gasteiger partial charge in [0.15, 0.2) is 0 Å². The van der Waals surface area contributed by atoms with Crippen molar-refractivity contribution in [3.05, 3.63) is 35.2 Å². The Kier molecular flexibility index (Phi) is 5.43. The van der Waals surface area contributed by atoms with Gasteiger partial charge in [-0.05, 0) is 71.7 Å². The highest BCUT2D eigenvalue weighted by Gasteiger charge is 2.27. The van der Waals surface area contributed by atoms with Gasteiger partial charge in [-0.1, -0.05) is 0 Å². The zero-order valence-electron chi connectivity index (χ0n) is 17.0. The molecule has 0 aromatic carbocycles. The van der Waals surface area contributed by atoms with Crippen LogP contribution in [0.4, 0.5) is 5.69 Å². The Bertz CT molecular complexity index is 749. The van der Waals surface area contributed by atoms with E-state index < -0.39 is 0 Å². The van der Waals surface area contributed by atoms with Gasteiger partial charge in [0.05, 0.1) is 6.54 Å². The highest BCUT2D eigenvalue weighted by molar-refractivity contribution is 5.48. The maximum absolute atomic E-state index is 4.64. The molecule has 2 aliphatic rings. The van der Waals surface area contributed by atoms with Crippen LogP contribution in [-0.2, 0) is 13.1 Å². The smallest absolute Gasteiger partial charge is 0.147 e. The van der Waals surface area contributed by atoms with Gasteiger partial charge in [0.1, 0.15) is 11.6 Å². The van der Waals surface area contributed by atoms with E-state index in [1.165, 1.54) is 37.4 Å². The number of pyridine rings is 1. The molecule has 0 atom stereocenters. The molecule has 2 aromatic heterocycles. The van der Waals surface area contributed by atoms with Gasteiger partial charge < -0.3 is 9.47 Å². The molecule has 6 nitrogen and oxygen atoms in total. The molecule has 2 aliphatic heterocycles. The van der Waals surface area contributed by atoms with E-state index in [9.17, 15) is 0 Å². The first-order chi connectivity index (χ1) is 13.1. The van der Waals surface area contributed by atoms with Crippen molar-refractivity contribution < 1.29 is 0 Å². The SMILES string of the molecule is CCn1c(CN2CCCC2)nnc1C1CCN(c2cc(C)nc(C)c2)CC1. The van der Waals surface area contributed by atoms with Crippen molar-refractivity contribution in [3.63, 3.8) is 0 Å². The van der Waals surface area contributed by atoms with E-state index in [-0.39, 0.29) is 0 Å². The lowest BCUT2D eigenvalue weighted by Gasteiger charge is -2.33. The van der Waals surface area contributed by atoms with Gasteiger partial charge >= 0.3 is 0 Å². The van der Waals surface area contributed by atoms with Crippen LogP contribution in [0, 0.1) is 13.8 Å². The third-order valence-corrected chi connectivity index (χ3v) is 6.03. The summed E-state index contributed by atoms with van der Waals surface area (Å²) in [5.41, 5.74) is 3.51. The quantitative estimate of drug-likeness (QED) is 0.810. The zero-order chi connectivity index (χ0) is 18.8. The molecule has 2 fully saturated rings. The summed E-state index contributed by atoms with van der Waals surface area (Å²) in [5, 5.41) is 9.21. The van der Waals surface area contributed by atoms with Crippen LogP contribution in [0.2, 0.25) is 0 Å². The average molecular weight is 369 g/mol. The molecule has 6 heteroatoms. The normalized spacial score (nSPS) is 19.1. The third-order valence-electron chi connectivity index (χ3n) is 6.03. The molecule has 0 N–H and O–H groups in total. The third kappa shape index (κ3) is 4.00. The summed E-state index contributed by atoms with van der Waals surface area (Å²) in [6, 6.07) is 4.41. The molecule has 0 saturated carbocycles. The number of aromatic nitrogens is 4. The fourth-order valence-corrected chi connectivity index (χ4v) is 4.64. The van der Waals surface area contributed by atoms with Crippen LogP contribution in [-0.4, -0.2) is 50.8 Å². The summed E-state index contributed by atoms with van der Waals surface area (Å²) in [5.74, 6) is 2.87. The van der Waals surface area contributed by atoms with Crippen LogP contribution in [0.5, 0.6) is 0 Å². The van der Waals surface area contributed by atoms with E-state index in [4.69, 9.17) is 0 Å². The molecular formula is C21H32N6. The number of piperidine rings is 1. The van der Waals surface area contributed by atoms with Crippen molar-refractivity contribution in [2.45, 2.75) is 65.5 Å². The van der Waals surface area contributed by atoms with Gasteiger partial charge in [0.2, 0.25) is 0 Å². The maximum atomic E-state index is 4.64. The molecule has 2 aromatic rings. The molecule has 146 valence electrons. The summed E-state index contributed by atoms with van der Waals surface area (Å²) in [7, 11) is 0. The van der Waals surface area contributed by atoms with Crippen LogP contribution >= 0.6 is 0 Å². The minimum atomic E-state index is 0.519. The van der Waals surface area contributed by atoms with Crippen molar-refractivity contribution in [3.8, 4) is 0 Å². The minimum absolute atomic E-state index is 0.519. The standard InChI is InChI=1S/C21H32N6/c1-4-27-20(15-25-9-5-6-10-25)23-24-21(27)18-7-11-26(12-8-18)19-13-16(2)22-17(3)14-19/h13-14,18H,4-12,15H2,1-3H3. The Labute approximate surface area is 162 Å². The fourth-order valence-electron chi connectivity index (χ4n) is 4.64. The number of anilines is 1. The Balaban J connectivity index is 1.44. The van der Waals surface area contributed by atoms with E-state index in [0.29, 0.717) is 5.92 Å². The van der Waals surface area contributed by atoms with Crippen LogP contribution in [0.15, 0.2) is 12.1 Å². The van der Waals surface area contributed by atoms with Gasteiger partial charge in [0, 0.05) is 42.6 Å². The number of hydrogen-bond acceptors (Lipinski definition) is 5. The van der Waals surface area contributed by atoms with E-state index >= 15 is 0 Å². The molecule has 4 rings (SSSR count). The molecule has 0 bridgehead atoms. The van der Waals surface area contributed by atoms with Gasteiger partial charge in [0.25, 0.3) is 0 Å². The monoisotopic (exact) mass is 368 g/mol. The van der Waals surface area contributed by atoms with E-state index in [2.05, 4.69) is 62.5 Å². The number of nitrogens with zero attached hydrogens (tertiary/aromatic N) is 6. The van der Waals surface area contributed by atoms with E-state index in [0.717, 1.165) is 56.2 Å². The first kappa shape index (κ1) is 18.4. The number of likely N-dealkylation sites (tertiary alicyclic amines) is 1. The maximum Gasteiger partial charge on any atom is 0.147 e. The number of aryl methyl sites for hydroxylation is 2. The molecule has 0 radical (unpaired) electrons. The summed E-state index contributed by atoms with van der Waals surface area (Å²) < 4.78 is 2.37. The molecule has 2 saturated heterocycles. The van der Waals surface area contributed by atoms with Crippen LogP contribution in [0.25, 0.3) is 0 Å². The summed E-state index contributed by atoms with van der Waals surface area (Å²) in [6.45, 7) is 12.9. The molecule has 27 heavy (non-hydrogen) atoms. The summed E-state index contributed by atoms with van der Waals surface area (Å²) in [4.78, 5) is 9.51. The van der Waals surface area contributed by atoms with Gasteiger partial charge in [-0.2, -0.15) is 0 Å². The van der Waals surface area contributed by atoms with Gasteiger partial charge in [-0.25, -0.2) is 0 Å². The molecule has 0 spiro atoms. The van der Waals surface area contributed by atoms with Gasteiger partial charge in [-0.15, -0.1) is 10.2 Å². The average Bonchev–Trinajstić information content (AvgIpc) is 3.31. The largest absolute Gasteiger partial charge is 0.371 e. The lowest BCUT2D eigenvalue weighted by Crippen LogP contribution is -2.34. The minimum Gasteiger partial charge on any atom is -0.371 e. The summed E-state index contributed by atoms with van der Waals surface area (Å²) in [6.07, 6.45) is 4.92. The highest BCUT2D eigenvalue weighted by Crippen LogP contribution is 2.30. The number of rotatable bonds is 5. The topological polar surface area (TPSA) is 50.1 Å². The Hall–Kier alpha value is -1.95. The van der Waals surface area contributed by atoms with Gasteiger partial charge in [-0.3, -0.25) is 9.88 Å². The predicted octanol–water partition coefficient (Wildman–Crippen LogP) is 3.29. The molecular weight excluding hydrogens is 336 g/mol. The van der Waals surface area contributed by atoms with Crippen LogP contribution in [0.3, 0.4) is 0 Å². The zero-order valence-corrected chi connectivity index (χ0v) is 17.0. The van der Waals surface area contributed by atoms with Crippen molar-refractivity contribution in [1.29, 1.82) is 0 Å². The molecule has 0 aliphatic carbocycles. The molecule has 0 amide bonds. The fraction of sp³-hybridized carbons (Fsp3) is 0.667. The Morgan fingerprint density at radius 1 is 0.963 bits per heavy atom. The molecule has 0 unspecified atom stereocenters. The predicted molar refractivity (Wildman–Crippen MR) is 108 cm³/mol.